The number of fused-ring (bicyclic) bond motifs is 1. The lowest BCUT2D eigenvalue weighted by atomic mass is 10.1. The number of carbonyl (C=O) groups excluding carboxylic acids is 1. The van der Waals surface area contributed by atoms with Gasteiger partial charge in [0, 0.05) is 36.2 Å². The van der Waals surface area contributed by atoms with Gasteiger partial charge in [-0.1, -0.05) is 12.0 Å². The lowest BCUT2D eigenvalue weighted by molar-refractivity contribution is -0.111. The molecule has 2 N–H and O–H groups in total. The van der Waals surface area contributed by atoms with Gasteiger partial charge in [0.25, 0.3) is 0 Å². The predicted octanol–water partition coefficient (Wildman–Crippen LogP) is 3.72. The average molecular weight is 476 g/mol. The van der Waals surface area contributed by atoms with E-state index in [9.17, 15) is 9.18 Å². The number of halogens is 1. The molecule has 1 atom stereocenters. The minimum Gasteiger partial charge on any atom is -0.486 e. The number of ether oxygens (including phenoxy) is 2. The van der Waals surface area contributed by atoms with Crippen molar-refractivity contribution in [3.05, 3.63) is 60.2 Å². The number of amides is 1. The second-order valence-corrected chi connectivity index (χ2v) is 8.31. The molecule has 0 radical (unpaired) electrons. The summed E-state index contributed by atoms with van der Waals surface area (Å²) in [5.74, 6) is 2.52. The van der Waals surface area contributed by atoms with Crippen molar-refractivity contribution >= 4 is 34.0 Å². The third kappa shape index (κ3) is 6.12. The molecule has 1 amide bonds. The zero-order chi connectivity index (χ0) is 24.8. The van der Waals surface area contributed by atoms with Crippen LogP contribution in [0, 0.1) is 18.2 Å². The van der Waals surface area contributed by atoms with E-state index in [1.807, 2.05) is 19.0 Å². The normalized spacial score (nSPS) is 15.5. The smallest absolute Gasteiger partial charge is 0.248 e. The molecule has 0 spiro atoms. The summed E-state index contributed by atoms with van der Waals surface area (Å²) in [5.41, 5.74) is 1.79. The van der Waals surface area contributed by atoms with Gasteiger partial charge in [-0.05, 0) is 38.4 Å². The summed E-state index contributed by atoms with van der Waals surface area (Å²) in [6.45, 7) is 1.74. The Labute approximate surface area is 203 Å². The van der Waals surface area contributed by atoms with Crippen LogP contribution in [0.3, 0.4) is 0 Å². The van der Waals surface area contributed by atoms with E-state index in [0.29, 0.717) is 53.6 Å². The van der Waals surface area contributed by atoms with Crippen molar-refractivity contribution < 1.29 is 18.7 Å². The Morgan fingerprint density at radius 3 is 2.94 bits per heavy atom. The second-order valence-electron chi connectivity index (χ2n) is 8.31. The maximum absolute atomic E-state index is 13.8. The van der Waals surface area contributed by atoms with Gasteiger partial charge in [-0.25, -0.2) is 14.4 Å². The number of nitrogens with zero attached hydrogens (tertiary/aromatic N) is 3. The summed E-state index contributed by atoms with van der Waals surface area (Å²) in [5, 5.41) is 6.70. The van der Waals surface area contributed by atoms with Crippen molar-refractivity contribution in [2.75, 3.05) is 44.5 Å². The SMILES string of the molecule is C#Cc1cc(Nc2ncnc3cc(OC4CCOC4)c(NC(=O)C=CCN(C)C)cc23)ccc1F. The Bertz CT molecular complexity index is 1300. The van der Waals surface area contributed by atoms with E-state index in [1.54, 1.807) is 24.3 Å². The average Bonchev–Trinajstić information content (AvgIpc) is 3.34. The first-order chi connectivity index (χ1) is 16.9. The summed E-state index contributed by atoms with van der Waals surface area (Å²) in [6.07, 6.45) is 10.7. The van der Waals surface area contributed by atoms with Crippen LogP contribution >= 0.6 is 0 Å². The first-order valence-corrected chi connectivity index (χ1v) is 11.1. The van der Waals surface area contributed by atoms with E-state index in [1.165, 1.54) is 24.5 Å². The number of benzene rings is 2. The lowest BCUT2D eigenvalue weighted by Gasteiger charge is -2.17. The Hall–Kier alpha value is -4.00. The van der Waals surface area contributed by atoms with Gasteiger partial charge in [-0.2, -0.15) is 0 Å². The molecule has 180 valence electrons. The molecule has 35 heavy (non-hydrogen) atoms. The monoisotopic (exact) mass is 475 g/mol. The standard InChI is InChI=1S/C26H26FN5O3/c1-4-17-12-18(7-8-21(17)27)30-26-20-13-23(31-25(33)6-5-10-32(2)3)24(14-22(20)28-16-29-26)35-19-9-11-34-15-19/h1,5-8,12-14,16,19H,9-11,15H2,2-3H3,(H,31,33)(H,28,29,30). The van der Waals surface area contributed by atoms with Gasteiger partial charge in [-0.3, -0.25) is 4.79 Å². The molecular weight excluding hydrogens is 449 g/mol. The van der Waals surface area contributed by atoms with E-state index in [-0.39, 0.29) is 17.6 Å². The van der Waals surface area contributed by atoms with Gasteiger partial charge in [0.05, 0.1) is 30.0 Å². The van der Waals surface area contributed by atoms with Crippen LogP contribution in [0.25, 0.3) is 10.9 Å². The summed E-state index contributed by atoms with van der Waals surface area (Å²) in [7, 11) is 3.84. The third-order valence-corrected chi connectivity index (χ3v) is 5.30. The minimum atomic E-state index is -0.476. The fourth-order valence-corrected chi connectivity index (χ4v) is 3.56. The summed E-state index contributed by atoms with van der Waals surface area (Å²) < 4.78 is 25.4. The molecule has 1 aliphatic rings. The molecular formula is C26H26FN5O3. The van der Waals surface area contributed by atoms with Gasteiger partial charge in [-0.15, -0.1) is 6.42 Å². The highest BCUT2D eigenvalue weighted by Gasteiger charge is 2.20. The zero-order valence-corrected chi connectivity index (χ0v) is 19.5. The quantitative estimate of drug-likeness (QED) is 0.379. The van der Waals surface area contributed by atoms with Gasteiger partial charge < -0.3 is 25.0 Å². The molecule has 1 aliphatic heterocycles. The van der Waals surface area contributed by atoms with Crippen molar-refractivity contribution in [3.8, 4) is 18.1 Å². The van der Waals surface area contributed by atoms with Gasteiger partial charge in [0.1, 0.15) is 29.8 Å². The Kier molecular flexibility index (Phi) is 7.55. The number of terminal acetylenes is 1. The van der Waals surface area contributed by atoms with Crippen molar-refractivity contribution in [1.82, 2.24) is 14.9 Å². The van der Waals surface area contributed by atoms with Crippen LogP contribution < -0.4 is 15.4 Å². The van der Waals surface area contributed by atoms with Crippen molar-refractivity contribution in [2.45, 2.75) is 12.5 Å². The fourth-order valence-electron chi connectivity index (χ4n) is 3.56. The highest BCUT2D eigenvalue weighted by molar-refractivity contribution is 6.03. The Morgan fingerprint density at radius 1 is 1.34 bits per heavy atom. The van der Waals surface area contributed by atoms with E-state index < -0.39 is 5.82 Å². The first kappa shape index (κ1) is 24.1. The van der Waals surface area contributed by atoms with Gasteiger partial charge in [0.2, 0.25) is 5.91 Å². The largest absolute Gasteiger partial charge is 0.486 e. The van der Waals surface area contributed by atoms with Crippen molar-refractivity contribution in [1.29, 1.82) is 0 Å². The van der Waals surface area contributed by atoms with E-state index in [4.69, 9.17) is 15.9 Å². The van der Waals surface area contributed by atoms with Crippen LogP contribution in [0.1, 0.15) is 12.0 Å². The highest BCUT2D eigenvalue weighted by Crippen LogP contribution is 2.34. The zero-order valence-electron chi connectivity index (χ0n) is 19.5. The minimum absolute atomic E-state index is 0.117. The summed E-state index contributed by atoms with van der Waals surface area (Å²) in [4.78, 5) is 23.3. The van der Waals surface area contributed by atoms with E-state index in [2.05, 4.69) is 26.5 Å². The topological polar surface area (TPSA) is 88.6 Å². The molecule has 0 aliphatic carbocycles. The van der Waals surface area contributed by atoms with Crippen molar-refractivity contribution in [3.63, 3.8) is 0 Å². The molecule has 0 saturated carbocycles. The predicted molar refractivity (Wildman–Crippen MR) is 133 cm³/mol. The highest BCUT2D eigenvalue weighted by atomic mass is 19.1. The second kappa shape index (κ2) is 11.0. The number of rotatable bonds is 8. The molecule has 1 aromatic heterocycles. The summed E-state index contributed by atoms with van der Waals surface area (Å²) in [6, 6.07) is 7.91. The van der Waals surface area contributed by atoms with Gasteiger partial charge in [0.15, 0.2) is 0 Å². The molecule has 2 aromatic carbocycles. The van der Waals surface area contributed by atoms with E-state index >= 15 is 0 Å². The number of anilines is 3. The third-order valence-electron chi connectivity index (χ3n) is 5.30. The van der Waals surface area contributed by atoms with Crippen LogP contribution in [-0.4, -0.2) is 60.7 Å². The maximum atomic E-state index is 13.8. The number of nitrogens with one attached hydrogen (secondary N) is 2. The maximum Gasteiger partial charge on any atom is 0.248 e. The Morgan fingerprint density at radius 2 is 2.20 bits per heavy atom. The Balaban J connectivity index is 1.69. The molecule has 9 heteroatoms. The number of carbonyl (C=O) groups is 1. The number of hydrogen-bond donors (Lipinski definition) is 2. The van der Waals surface area contributed by atoms with Crippen LogP contribution in [0.4, 0.5) is 21.6 Å². The first-order valence-electron chi connectivity index (χ1n) is 11.1. The summed E-state index contributed by atoms with van der Waals surface area (Å²) >= 11 is 0. The number of hydrogen-bond acceptors (Lipinski definition) is 7. The van der Waals surface area contributed by atoms with Crippen LogP contribution in [0.5, 0.6) is 5.75 Å². The van der Waals surface area contributed by atoms with Crippen LogP contribution in [-0.2, 0) is 9.53 Å². The molecule has 2 heterocycles. The van der Waals surface area contributed by atoms with Crippen LogP contribution in [0.2, 0.25) is 0 Å². The molecule has 1 saturated heterocycles. The van der Waals surface area contributed by atoms with Crippen LogP contribution in [0.15, 0.2) is 48.8 Å². The van der Waals surface area contributed by atoms with Crippen molar-refractivity contribution in [2.24, 2.45) is 0 Å². The fraction of sp³-hybridized carbons (Fsp3) is 0.269. The molecule has 1 fully saturated rings. The lowest BCUT2D eigenvalue weighted by Crippen LogP contribution is -2.18. The van der Waals surface area contributed by atoms with E-state index in [0.717, 1.165) is 6.42 Å². The molecule has 3 aromatic rings. The van der Waals surface area contributed by atoms with Gasteiger partial charge >= 0.3 is 0 Å². The molecule has 4 rings (SSSR count). The number of aromatic nitrogens is 2. The number of likely N-dealkylation sites (N-methyl/N-ethyl adjacent to an activating group) is 1. The molecule has 1 unspecified atom stereocenters. The molecule has 8 nitrogen and oxygen atoms in total. The molecule has 0 bridgehead atoms.